The summed E-state index contributed by atoms with van der Waals surface area (Å²) in [5.74, 6) is -0.0625. The second-order valence-corrected chi connectivity index (χ2v) is 6.90. The van der Waals surface area contributed by atoms with Crippen LogP contribution in [-0.2, 0) is 25.9 Å². The molecule has 0 aliphatic heterocycles. The SMILES string of the molecule is CC(=O)/C=C(/C)O.Cc1nc(-c2[c-]cncc2)ccc1-c1cccc2ccccc12.[Pt]. The van der Waals surface area contributed by atoms with Gasteiger partial charge in [0.25, 0.3) is 0 Å². The molecule has 4 nitrogen and oxygen atoms in total. The summed E-state index contributed by atoms with van der Waals surface area (Å²) in [5, 5.41) is 10.9. The van der Waals surface area contributed by atoms with Crippen LogP contribution in [0.1, 0.15) is 19.5 Å². The van der Waals surface area contributed by atoms with E-state index in [-0.39, 0.29) is 32.6 Å². The molecule has 1 N–H and O–H groups in total. The Balaban J connectivity index is 0.000000373. The number of hydrogen-bond acceptors (Lipinski definition) is 4. The van der Waals surface area contributed by atoms with Crippen LogP contribution in [0.25, 0.3) is 33.2 Å². The van der Waals surface area contributed by atoms with Gasteiger partial charge in [-0.05, 0) is 55.2 Å². The van der Waals surface area contributed by atoms with Gasteiger partial charge in [0.15, 0.2) is 5.78 Å². The van der Waals surface area contributed by atoms with Crippen molar-refractivity contribution in [1.82, 2.24) is 9.97 Å². The largest absolute Gasteiger partial charge is 0.512 e. The molecule has 0 unspecified atom stereocenters. The fraction of sp³-hybridized carbons (Fsp3) is 0.115. The Hall–Kier alpha value is -3.10. The van der Waals surface area contributed by atoms with Gasteiger partial charge in [-0.15, -0.1) is 6.07 Å². The molecular formula is C26H23N2O2Pt-. The van der Waals surface area contributed by atoms with Crippen molar-refractivity contribution in [3.63, 3.8) is 0 Å². The van der Waals surface area contributed by atoms with Crippen LogP contribution in [0.2, 0.25) is 0 Å². The summed E-state index contributed by atoms with van der Waals surface area (Å²) in [6, 6.07) is 24.1. The summed E-state index contributed by atoms with van der Waals surface area (Å²) in [5.41, 5.74) is 5.29. The summed E-state index contributed by atoms with van der Waals surface area (Å²) in [7, 11) is 0. The molecular weight excluding hydrogens is 567 g/mol. The zero-order valence-corrected chi connectivity index (χ0v) is 19.8. The summed E-state index contributed by atoms with van der Waals surface area (Å²) < 4.78 is 0. The smallest absolute Gasteiger partial charge is 0.155 e. The van der Waals surface area contributed by atoms with Crippen molar-refractivity contribution in [3.05, 3.63) is 96.7 Å². The van der Waals surface area contributed by atoms with Crippen LogP contribution in [-0.4, -0.2) is 20.9 Å². The molecule has 0 radical (unpaired) electrons. The zero-order valence-electron chi connectivity index (χ0n) is 17.6. The molecule has 0 aliphatic carbocycles. The van der Waals surface area contributed by atoms with E-state index in [2.05, 4.69) is 72.6 Å². The summed E-state index contributed by atoms with van der Waals surface area (Å²) in [6.45, 7) is 4.91. The van der Waals surface area contributed by atoms with Crippen molar-refractivity contribution in [2.45, 2.75) is 20.8 Å². The molecule has 0 amide bonds. The number of allylic oxidation sites excluding steroid dienone is 2. The number of aliphatic hydroxyl groups is 1. The third-order valence-corrected chi connectivity index (χ3v) is 4.48. The van der Waals surface area contributed by atoms with Crippen molar-refractivity contribution in [2.75, 3.05) is 0 Å². The third kappa shape index (κ3) is 6.44. The third-order valence-electron chi connectivity index (χ3n) is 4.48. The Labute approximate surface area is 197 Å². The van der Waals surface area contributed by atoms with Gasteiger partial charge < -0.3 is 10.1 Å². The number of carbonyl (C=O) groups is 1. The van der Waals surface area contributed by atoms with Crippen LogP contribution >= 0.6 is 0 Å². The number of benzene rings is 2. The van der Waals surface area contributed by atoms with E-state index in [1.807, 2.05) is 6.07 Å². The van der Waals surface area contributed by atoms with E-state index in [0.717, 1.165) is 17.0 Å². The van der Waals surface area contributed by atoms with Gasteiger partial charge in [0, 0.05) is 38.4 Å². The molecule has 2 heterocycles. The van der Waals surface area contributed by atoms with Gasteiger partial charge in [-0.2, -0.15) is 11.6 Å². The van der Waals surface area contributed by atoms with Gasteiger partial charge in [-0.3, -0.25) is 9.78 Å². The Kier molecular flexibility index (Phi) is 8.84. The van der Waals surface area contributed by atoms with Gasteiger partial charge in [0.2, 0.25) is 0 Å². The first kappa shape index (κ1) is 24.2. The van der Waals surface area contributed by atoms with Crippen molar-refractivity contribution in [2.24, 2.45) is 0 Å². The molecule has 5 heteroatoms. The summed E-state index contributed by atoms with van der Waals surface area (Å²) >= 11 is 0. The molecule has 0 atom stereocenters. The minimum absolute atomic E-state index is 0. The Bertz CT molecular complexity index is 1200. The molecule has 0 spiro atoms. The van der Waals surface area contributed by atoms with Crippen molar-refractivity contribution >= 4 is 16.6 Å². The van der Waals surface area contributed by atoms with E-state index in [4.69, 9.17) is 10.1 Å². The monoisotopic (exact) mass is 590 g/mol. The Morgan fingerprint density at radius 1 is 0.968 bits per heavy atom. The minimum Gasteiger partial charge on any atom is -0.512 e. The van der Waals surface area contributed by atoms with E-state index in [1.54, 1.807) is 12.4 Å². The topological polar surface area (TPSA) is 63.1 Å². The molecule has 4 aromatic rings. The van der Waals surface area contributed by atoms with Crippen molar-refractivity contribution < 1.29 is 31.0 Å². The molecule has 0 saturated carbocycles. The average Bonchev–Trinajstić information content (AvgIpc) is 2.73. The minimum atomic E-state index is -0.125. The van der Waals surface area contributed by atoms with Crippen molar-refractivity contribution in [3.8, 4) is 22.4 Å². The number of fused-ring (bicyclic) bond motifs is 1. The number of carbonyl (C=O) groups excluding carboxylic acids is 1. The number of pyridine rings is 2. The second-order valence-electron chi connectivity index (χ2n) is 6.90. The quantitative estimate of drug-likeness (QED) is 0.178. The first-order chi connectivity index (χ1) is 14.5. The van der Waals surface area contributed by atoms with Crippen LogP contribution < -0.4 is 0 Å². The Morgan fingerprint density at radius 3 is 2.32 bits per heavy atom. The molecule has 2 aromatic heterocycles. The molecule has 4 rings (SSSR count). The predicted octanol–water partition coefficient (Wildman–Crippen LogP) is 6.11. The van der Waals surface area contributed by atoms with Gasteiger partial charge in [0.1, 0.15) is 0 Å². The van der Waals surface area contributed by atoms with Gasteiger partial charge >= 0.3 is 0 Å². The van der Waals surface area contributed by atoms with Gasteiger partial charge in [-0.25, -0.2) is 0 Å². The van der Waals surface area contributed by atoms with E-state index < -0.39 is 0 Å². The fourth-order valence-electron chi connectivity index (χ4n) is 3.23. The Morgan fingerprint density at radius 2 is 1.71 bits per heavy atom. The summed E-state index contributed by atoms with van der Waals surface area (Å²) in [6.07, 6.45) is 4.60. The fourth-order valence-corrected chi connectivity index (χ4v) is 3.23. The molecule has 0 saturated heterocycles. The molecule has 160 valence electrons. The van der Waals surface area contributed by atoms with Crippen LogP contribution in [0.4, 0.5) is 0 Å². The van der Waals surface area contributed by atoms with E-state index in [1.165, 1.54) is 41.8 Å². The van der Waals surface area contributed by atoms with E-state index in [9.17, 15) is 4.79 Å². The zero-order chi connectivity index (χ0) is 21.5. The van der Waals surface area contributed by atoms with E-state index >= 15 is 0 Å². The first-order valence-corrected chi connectivity index (χ1v) is 9.61. The van der Waals surface area contributed by atoms with Crippen LogP contribution in [0.5, 0.6) is 0 Å². The van der Waals surface area contributed by atoms with Crippen LogP contribution in [0.15, 0.2) is 84.9 Å². The van der Waals surface area contributed by atoms with Crippen molar-refractivity contribution in [1.29, 1.82) is 0 Å². The molecule has 0 aliphatic rings. The molecule has 0 fully saturated rings. The maximum absolute atomic E-state index is 10.0. The van der Waals surface area contributed by atoms with Crippen LogP contribution in [0.3, 0.4) is 0 Å². The number of nitrogens with zero attached hydrogens (tertiary/aromatic N) is 2. The van der Waals surface area contributed by atoms with Gasteiger partial charge in [-0.1, -0.05) is 54.6 Å². The maximum Gasteiger partial charge on any atom is 0.155 e. The maximum atomic E-state index is 10.0. The normalized spacial score (nSPS) is 10.6. The molecule has 31 heavy (non-hydrogen) atoms. The summed E-state index contributed by atoms with van der Waals surface area (Å²) in [4.78, 5) is 18.8. The van der Waals surface area contributed by atoms with Gasteiger partial charge in [0.05, 0.1) is 5.76 Å². The number of aryl methyl sites for hydroxylation is 1. The second kappa shape index (κ2) is 11.3. The number of aliphatic hydroxyl groups excluding tert-OH is 1. The number of ketones is 1. The first-order valence-electron chi connectivity index (χ1n) is 9.61. The van der Waals surface area contributed by atoms with Crippen LogP contribution in [0, 0.1) is 13.0 Å². The number of aromatic nitrogens is 2. The standard InChI is InChI=1S/C21H15N2.C5H8O2.Pt/c1-15-18(9-10-21(23-15)17-11-13-22-14-12-17)20-8-4-6-16-5-2-3-7-19(16)20;1-4(6)3-5(2)7;/h2-11,13-14H,1H3;3,6H,1-2H3;/q-1;;/b;4-3-;. The predicted molar refractivity (Wildman–Crippen MR) is 121 cm³/mol. The average molecular weight is 591 g/mol. The molecule has 2 aromatic carbocycles. The molecule has 0 bridgehead atoms. The number of hydrogen-bond donors (Lipinski definition) is 1. The van der Waals surface area contributed by atoms with E-state index in [0.29, 0.717) is 0 Å². The number of rotatable bonds is 3.